The smallest absolute Gasteiger partial charge is 0.332 e. The fourth-order valence-electron chi connectivity index (χ4n) is 3.47. The van der Waals surface area contributed by atoms with Gasteiger partial charge in [0.2, 0.25) is 5.78 Å². The van der Waals surface area contributed by atoms with Gasteiger partial charge >= 0.3 is 5.97 Å². The number of carboxylic acids is 1. The molecule has 0 fully saturated rings. The Labute approximate surface area is 183 Å². The number of carbonyl (C=O) groups excluding carboxylic acids is 1. The van der Waals surface area contributed by atoms with Crippen molar-refractivity contribution in [3.05, 3.63) is 89.3 Å². The summed E-state index contributed by atoms with van der Waals surface area (Å²) >= 11 is 0. The minimum absolute atomic E-state index is 0.0459. The van der Waals surface area contributed by atoms with Crippen LogP contribution in [0.15, 0.2) is 72.5 Å². The van der Waals surface area contributed by atoms with Crippen LogP contribution in [0.2, 0.25) is 0 Å². The summed E-state index contributed by atoms with van der Waals surface area (Å²) < 4.78 is 7.43. The molecule has 0 bridgehead atoms. The zero-order valence-electron chi connectivity index (χ0n) is 18.0. The minimum Gasteiger partial charge on any atom is -0.479 e. The number of carbonyl (C=O) groups is 2. The molecule has 0 saturated carbocycles. The van der Waals surface area contributed by atoms with Crippen molar-refractivity contribution in [2.24, 2.45) is 5.92 Å². The van der Waals surface area contributed by atoms with Gasteiger partial charge in [-0.3, -0.25) is 4.79 Å². The molecule has 1 aliphatic rings. The highest BCUT2D eigenvalue weighted by Crippen LogP contribution is 2.20. The van der Waals surface area contributed by atoms with Crippen molar-refractivity contribution in [2.75, 3.05) is 0 Å². The van der Waals surface area contributed by atoms with Crippen molar-refractivity contribution in [3.8, 4) is 0 Å². The van der Waals surface area contributed by atoms with E-state index in [-0.39, 0.29) is 12.4 Å². The maximum atomic E-state index is 12.8. The van der Waals surface area contributed by atoms with Gasteiger partial charge in [-0.1, -0.05) is 62.4 Å². The molecule has 2 unspecified atom stereocenters. The Balaban J connectivity index is 1.62. The average molecular weight is 420 g/mol. The van der Waals surface area contributed by atoms with Gasteiger partial charge in [-0.05, 0) is 48.1 Å². The van der Waals surface area contributed by atoms with Crippen LogP contribution >= 0.6 is 0 Å². The molecular weight excluding hydrogens is 390 g/mol. The maximum Gasteiger partial charge on any atom is 0.332 e. The summed E-state index contributed by atoms with van der Waals surface area (Å²) in [7, 11) is 0. The van der Waals surface area contributed by atoms with E-state index >= 15 is 0 Å². The molecule has 0 aliphatic heterocycles. The molecular formula is C26H29NO4. The molecule has 0 saturated heterocycles. The van der Waals surface area contributed by atoms with E-state index < -0.39 is 12.1 Å². The fourth-order valence-corrected chi connectivity index (χ4v) is 3.47. The monoisotopic (exact) mass is 419 g/mol. The van der Waals surface area contributed by atoms with Crippen LogP contribution in [0.3, 0.4) is 0 Å². The lowest BCUT2D eigenvalue weighted by atomic mass is 9.95. The van der Waals surface area contributed by atoms with Crippen molar-refractivity contribution in [1.82, 2.24) is 4.57 Å². The summed E-state index contributed by atoms with van der Waals surface area (Å²) in [6.07, 6.45) is 12.5. The summed E-state index contributed by atoms with van der Waals surface area (Å²) in [4.78, 5) is 23.9. The van der Waals surface area contributed by atoms with Gasteiger partial charge in [-0.15, -0.1) is 0 Å². The predicted molar refractivity (Wildman–Crippen MR) is 122 cm³/mol. The van der Waals surface area contributed by atoms with Crippen LogP contribution in [0, 0.1) is 5.92 Å². The number of hydrogen-bond donors (Lipinski definition) is 1. The second-order valence-corrected chi connectivity index (χ2v) is 7.80. The molecule has 5 heteroatoms. The van der Waals surface area contributed by atoms with Crippen LogP contribution in [0.25, 0.3) is 6.08 Å². The third kappa shape index (κ3) is 6.15. The Morgan fingerprint density at radius 2 is 2.13 bits per heavy atom. The zero-order valence-corrected chi connectivity index (χ0v) is 18.0. The average Bonchev–Trinajstić information content (AvgIpc) is 3.23. The summed E-state index contributed by atoms with van der Waals surface area (Å²) in [5, 5.41) is 9.10. The van der Waals surface area contributed by atoms with Crippen LogP contribution in [0.5, 0.6) is 0 Å². The molecule has 1 N–H and O–H groups in total. The van der Waals surface area contributed by atoms with Crippen molar-refractivity contribution in [3.63, 3.8) is 0 Å². The first-order chi connectivity index (χ1) is 15.0. The highest BCUT2D eigenvalue weighted by atomic mass is 16.5. The lowest BCUT2D eigenvalue weighted by Crippen LogP contribution is -2.22. The Kier molecular flexibility index (Phi) is 7.79. The van der Waals surface area contributed by atoms with Crippen molar-refractivity contribution in [1.29, 1.82) is 0 Å². The predicted octanol–water partition coefficient (Wildman–Crippen LogP) is 5.29. The highest BCUT2D eigenvalue weighted by Gasteiger charge is 2.16. The molecule has 0 amide bonds. The largest absolute Gasteiger partial charge is 0.479 e. The topological polar surface area (TPSA) is 68.5 Å². The molecule has 1 heterocycles. The molecule has 2 atom stereocenters. The second kappa shape index (κ2) is 10.7. The molecule has 1 aromatic heterocycles. The van der Waals surface area contributed by atoms with Gasteiger partial charge in [0.1, 0.15) is 0 Å². The van der Waals surface area contributed by atoms with Crippen LogP contribution in [0.4, 0.5) is 0 Å². The number of ether oxygens (including phenoxy) is 1. The minimum atomic E-state index is -0.940. The number of aromatic nitrogens is 1. The third-order valence-corrected chi connectivity index (χ3v) is 5.30. The van der Waals surface area contributed by atoms with E-state index in [1.165, 1.54) is 0 Å². The first-order valence-corrected chi connectivity index (χ1v) is 10.7. The van der Waals surface area contributed by atoms with Crippen LogP contribution in [-0.2, 0) is 22.7 Å². The van der Waals surface area contributed by atoms with Crippen LogP contribution < -0.4 is 0 Å². The van der Waals surface area contributed by atoms with Crippen LogP contribution in [0.1, 0.15) is 48.3 Å². The Morgan fingerprint density at radius 1 is 1.29 bits per heavy atom. The number of Topliss-reactive ketones (excluding diaryl/α,β-unsaturated/α-hetero) is 1. The molecule has 31 heavy (non-hydrogen) atoms. The number of ketones is 1. The summed E-state index contributed by atoms with van der Waals surface area (Å²) in [6, 6.07) is 11.5. The Morgan fingerprint density at radius 3 is 2.84 bits per heavy atom. The number of nitrogens with zero attached hydrogens (tertiary/aromatic N) is 1. The molecule has 2 aromatic rings. The number of aliphatic carboxylic acids is 1. The van der Waals surface area contributed by atoms with Gasteiger partial charge in [-0.2, -0.15) is 0 Å². The van der Waals surface area contributed by atoms with E-state index in [2.05, 4.69) is 13.0 Å². The van der Waals surface area contributed by atoms with Gasteiger partial charge in [-0.25, -0.2) is 4.79 Å². The normalized spacial score (nSPS) is 17.0. The van der Waals surface area contributed by atoms with E-state index in [4.69, 9.17) is 9.84 Å². The molecule has 1 aromatic carbocycles. The van der Waals surface area contributed by atoms with Crippen molar-refractivity contribution >= 4 is 17.8 Å². The van der Waals surface area contributed by atoms with Crippen LogP contribution in [-0.4, -0.2) is 27.5 Å². The van der Waals surface area contributed by atoms with Gasteiger partial charge in [0.05, 0.1) is 12.3 Å². The van der Waals surface area contributed by atoms with Crippen molar-refractivity contribution in [2.45, 2.75) is 45.9 Å². The SMILES string of the molecule is CCC(OCc1cccc(/C=C/Cn2cccc2C(=O)C2=CCC(C)C=C2)c1)C(=O)O. The Bertz CT molecular complexity index is 1010. The van der Waals surface area contributed by atoms with E-state index in [0.717, 1.165) is 23.1 Å². The molecule has 3 rings (SSSR count). The summed E-state index contributed by atoms with van der Waals surface area (Å²) in [5.41, 5.74) is 3.35. The van der Waals surface area contributed by atoms with E-state index in [1.807, 2.05) is 71.5 Å². The first kappa shape index (κ1) is 22.5. The molecule has 0 radical (unpaired) electrons. The molecule has 162 valence electrons. The highest BCUT2D eigenvalue weighted by molar-refractivity contribution is 6.09. The third-order valence-electron chi connectivity index (χ3n) is 5.30. The number of benzene rings is 1. The van der Waals surface area contributed by atoms with Gasteiger partial charge in [0.15, 0.2) is 6.10 Å². The Hall–Kier alpha value is -3.18. The molecule has 1 aliphatic carbocycles. The van der Waals surface area contributed by atoms with E-state index in [9.17, 15) is 9.59 Å². The van der Waals surface area contributed by atoms with Crippen molar-refractivity contribution < 1.29 is 19.4 Å². The van der Waals surface area contributed by atoms with E-state index in [1.54, 1.807) is 6.92 Å². The lowest BCUT2D eigenvalue weighted by molar-refractivity contribution is -0.151. The summed E-state index contributed by atoms with van der Waals surface area (Å²) in [6.45, 7) is 4.76. The number of allylic oxidation sites excluding steroid dienone is 5. The van der Waals surface area contributed by atoms with Gasteiger partial charge in [0.25, 0.3) is 0 Å². The number of hydrogen-bond acceptors (Lipinski definition) is 3. The quantitative estimate of drug-likeness (QED) is 0.532. The number of carboxylic acid groups (broad SMARTS) is 1. The molecule has 0 spiro atoms. The standard InChI is InChI=1S/C26H29NO4/c1-3-24(26(29)30)31-18-21-8-4-7-20(17-21)9-5-15-27-16-6-10-23(27)25(28)22-13-11-19(2)12-14-22/h4-11,13-14,16-17,19,24H,3,12,15,18H2,1-2H3,(H,29,30)/b9-5+. The first-order valence-electron chi connectivity index (χ1n) is 10.7. The fraction of sp³-hybridized carbons (Fsp3) is 0.308. The van der Waals surface area contributed by atoms with Gasteiger partial charge in [0, 0.05) is 18.3 Å². The molecule has 5 nitrogen and oxygen atoms in total. The maximum absolute atomic E-state index is 12.8. The van der Waals surface area contributed by atoms with Gasteiger partial charge < -0.3 is 14.4 Å². The zero-order chi connectivity index (χ0) is 22.2. The number of rotatable bonds is 10. The lowest BCUT2D eigenvalue weighted by Gasteiger charge is -2.12. The second-order valence-electron chi connectivity index (χ2n) is 7.80. The summed E-state index contributed by atoms with van der Waals surface area (Å²) in [5.74, 6) is -0.418. The van der Waals surface area contributed by atoms with E-state index in [0.29, 0.717) is 24.6 Å².